The van der Waals surface area contributed by atoms with E-state index in [2.05, 4.69) is 5.32 Å². The Balaban J connectivity index is 1.81. The van der Waals surface area contributed by atoms with Crippen LogP contribution in [-0.4, -0.2) is 36.7 Å². The fourth-order valence-electron chi connectivity index (χ4n) is 2.03. The fourth-order valence-corrected chi connectivity index (χ4v) is 2.03. The Morgan fingerprint density at radius 1 is 1.57 bits per heavy atom. The zero-order valence-electron chi connectivity index (χ0n) is 8.55. The maximum absolute atomic E-state index is 12.2. The van der Waals surface area contributed by atoms with Gasteiger partial charge in [-0.2, -0.15) is 0 Å². The largest absolute Gasteiger partial charge is 0.333 e. The number of amides is 2. The maximum atomic E-state index is 12.2. The van der Waals surface area contributed by atoms with Crippen LogP contribution in [-0.2, 0) is 0 Å². The predicted molar refractivity (Wildman–Crippen MR) is 51.8 cm³/mol. The van der Waals surface area contributed by atoms with Crippen LogP contribution >= 0.6 is 0 Å². The van der Waals surface area contributed by atoms with Gasteiger partial charge in [-0.25, -0.2) is 9.18 Å². The van der Waals surface area contributed by atoms with Gasteiger partial charge in [-0.1, -0.05) is 0 Å². The highest BCUT2D eigenvalue weighted by Crippen LogP contribution is 2.52. The first kappa shape index (κ1) is 9.74. The van der Waals surface area contributed by atoms with E-state index in [4.69, 9.17) is 0 Å². The SMILES string of the molecule is C[C@H](CF)NC(=O)N1CCC2(CC2)C1. The Hall–Kier alpha value is -0.800. The molecule has 2 fully saturated rings. The molecule has 14 heavy (non-hydrogen) atoms. The molecule has 1 spiro atoms. The molecule has 2 amide bonds. The maximum Gasteiger partial charge on any atom is 0.317 e. The zero-order chi connectivity index (χ0) is 10.2. The quantitative estimate of drug-likeness (QED) is 0.720. The van der Waals surface area contributed by atoms with Crippen molar-refractivity contribution in [2.75, 3.05) is 19.8 Å². The summed E-state index contributed by atoms with van der Waals surface area (Å²) in [4.78, 5) is 13.4. The molecule has 3 nitrogen and oxygen atoms in total. The van der Waals surface area contributed by atoms with Crippen molar-refractivity contribution in [3.05, 3.63) is 0 Å². The van der Waals surface area contributed by atoms with Gasteiger partial charge >= 0.3 is 6.03 Å². The first-order valence-electron chi connectivity index (χ1n) is 5.27. The van der Waals surface area contributed by atoms with Crippen molar-refractivity contribution >= 4 is 6.03 Å². The van der Waals surface area contributed by atoms with Gasteiger partial charge in [0.2, 0.25) is 0 Å². The van der Waals surface area contributed by atoms with Gasteiger partial charge in [0, 0.05) is 13.1 Å². The minimum absolute atomic E-state index is 0.0982. The summed E-state index contributed by atoms with van der Waals surface area (Å²) in [5.41, 5.74) is 0.455. The molecule has 0 aromatic carbocycles. The molecule has 2 rings (SSSR count). The number of hydrogen-bond donors (Lipinski definition) is 1. The lowest BCUT2D eigenvalue weighted by atomic mass is 10.1. The second-order valence-corrected chi connectivity index (χ2v) is 4.68. The molecule has 2 aliphatic rings. The zero-order valence-corrected chi connectivity index (χ0v) is 8.55. The van der Waals surface area contributed by atoms with E-state index in [0.717, 1.165) is 19.5 Å². The van der Waals surface area contributed by atoms with Crippen molar-refractivity contribution in [1.29, 1.82) is 0 Å². The summed E-state index contributed by atoms with van der Waals surface area (Å²) in [6, 6.07) is -0.461. The number of nitrogens with one attached hydrogen (secondary N) is 1. The average Bonchev–Trinajstić information content (AvgIpc) is 2.76. The Morgan fingerprint density at radius 3 is 2.79 bits per heavy atom. The van der Waals surface area contributed by atoms with E-state index in [1.54, 1.807) is 6.92 Å². The minimum Gasteiger partial charge on any atom is -0.333 e. The first-order valence-corrected chi connectivity index (χ1v) is 5.27. The van der Waals surface area contributed by atoms with Crippen molar-refractivity contribution in [2.24, 2.45) is 5.41 Å². The molecule has 0 aromatic heterocycles. The van der Waals surface area contributed by atoms with Gasteiger partial charge < -0.3 is 10.2 Å². The van der Waals surface area contributed by atoms with Gasteiger partial charge in [0.1, 0.15) is 6.67 Å². The number of hydrogen-bond acceptors (Lipinski definition) is 1. The lowest BCUT2D eigenvalue weighted by Gasteiger charge is -2.19. The highest BCUT2D eigenvalue weighted by molar-refractivity contribution is 5.75. The lowest BCUT2D eigenvalue weighted by molar-refractivity contribution is 0.200. The fraction of sp³-hybridized carbons (Fsp3) is 0.900. The summed E-state index contributed by atoms with van der Waals surface area (Å²) >= 11 is 0. The predicted octanol–water partition coefficient (Wildman–Crippen LogP) is 1.54. The second-order valence-electron chi connectivity index (χ2n) is 4.68. The van der Waals surface area contributed by atoms with Crippen molar-refractivity contribution in [3.63, 3.8) is 0 Å². The minimum atomic E-state index is -0.495. The Morgan fingerprint density at radius 2 is 2.29 bits per heavy atom. The van der Waals surface area contributed by atoms with E-state index in [-0.39, 0.29) is 12.1 Å². The van der Waals surface area contributed by atoms with Crippen LogP contribution in [0.2, 0.25) is 0 Å². The number of alkyl halides is 1. The van der Waals surface area contributed by atoms with Gasteiger partial charge in [0.25, 0.3) is 0 Å². The molecule has 0 unspecified atom stereocenters. The summed E-state index contributed by atoms with van der Waals surface area (Å²) in [6.07, 6.45) is 3.65. The van der Waals surface area contributed by atoms with Gasteiger partial charge in [-0.05, 0) is 31.6 Å². The number of likely N-dealkylation sites (tertiary alicyclic amines) is 1. The smallest absolute Gasteiger partial charge is 0.317 e. The molecule has 1 saturated carbocycles. The van der Waals surface area contributed by atoms with Crippen LogP contribution in [0.4, 0.5) is 9.18 Å². The third kappa shape index (κ3) is 1.83. The van der Waals surface area contributed by atoms with Crippen LogP contribution in [0.1, 0.15) is 26.2 Å². The standard InChI is InChI=1S/C10H17FN2O/c1-8(6-11)12-9(14)13-5-4-10(7-13)2-3-10/h8H,2-7H2,1H3,(H,12,14)/t8-/m1/s1. The molecule has 0 aromatic rings. The van der Waals surface area contributed by atoms with Crippen molar-refractivity contribution < 1.29 is 9.18 Å². The molecule has 0 bridgehead atoms. The van der Waals surface area contributed by atoms with E-state index in [1.165, 1.54) is 12.8 Å². The van der Waals surface area contributed by atoms with Gasteiger partial charge in [0.05, 0.1) is 6.04 Å². The van der Waals surface area contributed by atoms with Gasteiger partial charge in [0.15, 0.2) is 0 Å². The Bertz CT molecular complexity index is 240. The lowest BCUT2D eigenvalue weighted by Crippen LogP contribution is -2.43. The molecule has 1 atom stereocenters. The molecule has 0 radical (unpaired) electrons. The van der Waals surface area contributed by atoms with Crippen molar-refractivity contribution in [2.45, 2.75) is 32.2 Å². The molecule has 1 N–H and O–H groups in total. The molecule has 80 valence electrons. The van der Waals surface area contributed by atoms with Gasteiger partial charge in [-0.3, -0.25) is 0 Å². The van der Waals surface area contributed by atoms with Crippen LogP contribution in [0.5, 0.6) is 0 Å². The summed E-state index contributed by atoms with van der Waals surface area (Å²) in [7, 11) is 0. The van der Waals surface area contributed by atoms with E-state index >= 15 is 0 Å². The van der Waals surface area contributed by atoms with E-state index < -0.39 is 6.67 Å². The highest BCUT2D eigenvalue weighted by Gasteiger charge is 2.48. The van der Waals surface area contributed by atoms with Gasteiger partial charge in [-0.15, -0.1) is 0 Å². The van der Waals surface area contributed by atoms with Crippen molar-refractivity contribution in [3.8, 4) is 0 Å². The number of rotatable bonds is 2. The number of carbonyl (C=O) groups excluding carboxylic acids is 1. The third-order valence-electron chi connectivity index (χ3n) is 3.28. The Kier molecular flexibility index (Phi) is 2.37. The normalized spacial score (nSPS) is 25.1. The van der Waals surface area contributed by atoms with E-state index in [9.17, 15) is 9.18 Å². The van der Waals surface area contributed by atoms with Crippen LogP contribution in [0, 0.1) is 5.41 Å². The molecule has 1 aliphatic heterocycles. The van der Waals surface area contributed by atoms with Crippen LogP contribution in [0.15, 0.2) is 0 Å². The summed E-state index contributed by atoms with van der Waals surface area (Å²) in [6.45, 7) is 2.90. The Labute approximate surface area is 83.6 Å². The van der Waals surface area contributed by atoms with E-state index in [1.807, 2.05) is 4.90 Å². The van der Waals surface area contributed by atoms with Crippen LogP contribution in [0.25, 0.3) is 0 Å². The monoisotopic (exact) mass is 200 g/mol. The molecule has 1 saturated heterocycles. The summed E-state index contributed by atoms with van der Waals surface area (Å²) in [5, 5.41) is 2.65. The van der Waals surface area contributed by atoms with E-state index in [0.29, 0.717) is 5.41 Å². The van der Waals surface area contributed by atoms with Crippen LogP contribution < -0.4 is 5.32 Å². The molecular formula is C10H17FN2O. The summed E-state index contributed by atoms with van der Waals surface area (Å²) < 4.78 is 12.2. The second kappa shape index (κ2) is 3.41. The number of nitrogens with zero attached hydrogens (tertiary/aromatic N) is 1. The number of halogens is 1. The third-order valence-corrected chi connectivity index (χ3v) is 3.28. The first-order chi connectivity index (χ1) is 6.65. The molecule has 1 heterocycles. The summed E-state index contributed by atoms with van der Waals surface area (Å²) in [5.74, 6) is 0. The number of carbonyl (C=O) groups is 1. The molecular weight excluding hydrogens is 183 g/mol. The van der Waals surface area contributed by atoms with Crippen molar-refractivity contribution in [1.82, 2.24) is 10.2 Å². The van der Waals surface area contributed by atoms with Crippen LogP contribution in [0.3, 0.4) is 0 Å². The molecule has 4 heteroatoms. The highest BCUT2D eigenvalue weighted by atomic mass is 19.1. The number of urea groups is 1. The molecule has 1 aliphatic carbocycles. The topological polar surface area (TPSA) is 32.3 Å². The average molecular weight is 200 g/mol.